The first-order valence-electron chi connectivity index (χ1n) is 11.1. The van der Waals surface area contributed by atoms with Crippen LogP contribution in [0.25, 0.3) is 0 Å². The highest BCUT2D eigenvalue weighted by molar-refractivity contribution is 5.69. The summed E-state index contributed by atoms with van der Waals surface area (Å²) in [5.74, 6) is 2.01. The number of benzene rings is 1. The number of likely N-dealkylation sites (N-methyl/N-ethyl adjacent to an activating group) is 1. The molecule has 0 spiro atoms. The molecule has 34 heavy (non-hydrogen) atoms. The van der Waals surface area contributed by atoms with E-state index < -0.39 is 6.09 Å². The van der Waals surface area contributed by atoms with Crippen molar-refractivity contribution in [3.63, 3.8) is 0 Å². The predicted molar refractivity (Wildman–Crippen MR) is 131 cm³/mol. The summed E-state index contributed by atoms with van der Waals surface area (Å²) in [5.41, 5.74) is 12.0. The van der Waals surface area contributed by atoms with Gasteiger partial charge in [0.1, 0.15) is 18.2 Å². The molecule has 186 valence electrons. The van der Waals surface area contributed by atoms with Gasteiger partial charge in [0.25, 0.3) is 0 Å². The highest BCUT2D eigenvalue weighted by atomic mass is 16.5. The van der Waals surface area contributed by atoms with Crippen LogP contribution in [0, 0.1) is 0 Å². The summed E-state index contributed by atoms with van der Waals surface area (Å²) in [6.07, 6.45) is -0.627. The molecule has 1 aromatic heterocycles. The molecule has 1 amide bonds. The molecular formula is C22H34N8O4. The van der Waals surface area contributed by atoms with Crippen LogP contribution in [0.3, 0.4) is 0 Å². The third-order valence-corrected chi connectivity index (χ3v) is 5.48. The van der Waals surface area contributed by atoms with E-state index >= 15 is 0 Å². The molecule has 1 fully saturated rings. The minimum absolute atomic E-state index is 0.113. The number of methoxy groups -OCH3 is 2. The first-order chi connectivity index (χ1) is 16.5. The van der Waals surface area contributed by atoms with Gasteiger partial charge in [0.05, 0.1) is 13.7 Å². The van der Waals surface area contributed by atoms with Gasteiger partial charge in [0, 0.05) is 65.2 Å². The topological polar surface area (TPSA) is 130 Å². The Hall–Kier alpha value is -3.51. The van der Waals surface area contributed by atoms with Gasteiger partial charge in [0.15, 0.2) is 5.82 Å². The van der Waals surface area contributed by atoms with Crippen molar-refractivity contribution in [2.45, 2.75) is 0 Å². The average molecular weight is 475 g/mol. The molecule has 1 aliphatic heterocycles. The van der Waals surface area contributed by atoms with Crippen molar-refractivity contribution < 1.29 is 19.0 Å². The highest BCUT2D eigenvalue weighted by Crippen LogP contribution is 2.21. The van der Waals surface area contributed by atoms with Crippen LogP contribution in [0.2, 0.25) is 0 Å². The number of piperazine rings is 1. The summed E-state index contributed by atoms with van der Waals surface area (Å²) in [4.78, 5) is 26.4. The monoisotopic (exact) mass is 474 g/mol. The first kappa shape index (κ1) is 25.1. The van der Waals surface area contributed by atoms with E-state index in [4.69, 9.17) is 15.2 Å². The summed E-state index contributed by atoms with van der Waals surface area (Å²) in [6, 6.07) is 9.93. The second-order valence-corrected chi connectivity index (χ2v) is 7.80. The zero-order chi connectivity index (χ0) is 24.3. The molecule has 12 heteroatoms. The van der Waals surface area contributed by atoms with Crippen molar-refractivity contribution in [2.75, 3.05) is 94.7 Å². The van der Waals surface area contributed by atoms with Crippen LogP contribution in [0.5, 0.6) is 5.75 Å². The Morgan fingerprint density at radius 3 is 2.53 bits per heavy atom. The van der Waals surface area contributed by atoms with Gasteiger partial charge in [-0.2, -0.15) is 9.97 Å². The van der Waals surface area contributed by atoms with E-state index in [1.54, 1.807) is 13.2 Å². The number of ether oxygens (including phenoxy) is 3. The second-order valence-electron chi connectivity index (χ2n) is 7.80. The van der Waals surface area contributed by atoms with Gasteiger partial charge >= 0.3 is 6.09 Å². The maximum absolute atomic E-state index is 11.2. The number of hydrogen-bond acceptors (Lipinski definition) is 11. The number of anilines is 4. The van der Waals surface area contributed by atoms with Crippen LogP contribution < -0.4 is 31.1 Å². The van der Waals surface area contributed by atoms with Crippen LogP contribution >= 0.6 is 0 Å². The Kier molecular flexibility index (Phi) is 9.35. The number of amides is 1. The van der Waals surface area contributed by atoms with Crippen molar-refractivity contribution in [1.82, 2.24) is 20.3 Å². The molecule has 0 aliphatic carbocycles. The van der Waals surface area contributed by atoms with E-state index in [9.17, 15) is 4.79 Å². The highest BCUT2D eigenvalue weighted by Gasteiger charge is 2.18. The molecule has 1 aliphatic rings. The molecule has 2 aromatic rings. The summed E-state index contributed by atoms with van der Waals surface area (Å²) < 4.78 is 15.2. The molecule has 2 heterocycles. The lowest BCUT2D eigenvalue weighted by molar-refractivity contribution is 0.146. The lowest BCUT2D eigenvalue weighted by Gasteiger charge is -2.36. The molecule has 0 unspecified atom stereocenters. The average Bonchev–Trinajstić information content (AvgIpc) is 2.86. The molecule has 1 saturated heterocycles. The Balaban J connectivity index is 1.44. The van der Waals surface area contributed by atoms with Gasteiger partial charge in [-0.05, 0) is 24.3 Å². The molecule has 4 N–H and O–H groups in total. The molecule has 0 bridgehead atoms. The fourth-order valence-corrected chi connectivity index (χ4v) is 3.51. The number of hydrogen-bond donors (Lipinski definition) is 3. The van der Waals surface area contributed by atoms with Crippen molar-refractivity contribution in [2.24, 2.45) is 0 Å². The third kappa shape index (κ3) is 7.52. The number of hydrazine groups is 1. The van der Waals surface area contributed by atoms with E-state index in [2.05, 4.69) is 47.5 Å². The SMILES string of the molecule is COCCOc1ccc(N2CCN(CCN(C)c3cc(NNC(=O)OC)nc(N)n3)CC2)cc1. The van der Waals surface area contributed by atoms with Crippen molar-refractivity contribution >= 4 is 29.4 Å². The predicted octanol–water partition coefficient (Wildman–Crippen LogP) is 1.03. The standard InChI is InChI=1S/C22H34N8O4/c1-28(20-16-19(24-21(23)25-20)26-27-22(31)33-3)8-9-29-10-12-30(13-11-29)17-4-6-18(7-5-17)34-15-14-32-2/h4-7,16H,8-15H2,1-3H3,(H,27,31)(H3,23,24,25,26). The lowest BCUT2D eigenvalue weighted by Crippen LogP contribution is -2.48. The molecule has 1 aromatic carbocycles. The number of nitrogens with two attached hydrogens (primary N) is 1. The van der Waals surface area contributed by atoms with Crippen LogP contribution in [-0.4, -0.2) is 94.7 Å². The van der Waals surface area contributed by atoms with Crippen molar-refractivity contribution in [3.8, 4) is 5.75 Å². The van der Waals surface area contributed by atoms with Gasteiger partial charge in [0.2, 0.25) is 5.95 Å². The zero-order valence-electron chi connectivity index (χ0n) is 20.0. The quantitative estimate of drug-likeness (QED) is 0.319. The van der Waals surface area contributed by atoms with Gasteiger partial charge in [-0.25, -0.2) is 10.2 Å². The molecule has 3 rings (SSSR count). The minimum Gasteiger partial charge on any atom is -0.491 e. The number of nitrogens with one attached hydrogen (secondary N) is 2. The van der Waals surface area contributed by atoms with E-state index in [0.29, 0.717) is 24.8 Å². The van der Waals surface area contributed by atoms with Crippen molar-refractivity contribution in [3.05, 3.63) is 30.3 Å². The van der Waals surface area contributed by atoms with Crippen LogP contribution in [0.15, 0.2) is 30.3 Å². The van der Waals surface area contributed by atoms with Crippen LogP contribution in [-0.2, 0) is 9.47 Å². The summed E-state index contributed by atoms with van der Waals surface area (Å²) in [7, 11) is 4.89. The number of nitrogen functional groups attached to an aromatic ring is 1. The maximum Gasteiger partial charge on any atom is 0.425 e. The van der Waals surface area contributed by atoms with E-state index in [-0.39, 0.29) is 5.95 Å². The Labute approximate surface area is 199 Å². The number of carbonyl (C=O) groups is 1. The molecule has 0 atom stereocenters. The fourth-order valence-electron chi connectivity index (χ4n) is 3.51. The Morgan fingerprint density at radius 1 is 1.12 bits per heavy atom. The zero-order valence-corrected chi connectivity index (χ0v) is 20.0. The van der Waals surface area contributed by atoms with E-state index in [0.717, 1.165) is 45.0 Å². The van der Waals surface area contributed by atoms with Gasteiger partial charge in [-0.15, -0.1) is 0 Å². The van der Waals surface area contributed by atoms with Crippen molar-refractivity contribution in [1.29, 1.82) is 0 Å². The largest absolute Gasteiger partial charge is 0.491 e. The number of aromatic nitrogens is 2. The smallest absolute Gasteiger partial charge is 0.425 e. The summed E-state index contributed by atoms with van der Waals surface area (Å²) >= 11 is 0. The summed E-state index contributed by atoms with van der Waals surface area (Å²) in [6.45, 7) is 6.66. The maximum atomic E-state index is 11.2. The molecule has 12 nitrogen and oxygen atoms in total. The van der Waals surface area contributed by atoms with Gasteiger partial charge < -0.3 is 29.7 Å². The fraction of sp³-hybridized carbons (Fsp3) is 0.500. The van der Waals surface area contributed by atoms with Crippen LogP contribution in [0.4, 0.5) is 28.1 Å². The minimum atomic E-state index is -0.627. The molecule has 0 radical (unpaired) electrons. The Morgan fingerprint density at radius 2 is 1.85 bits per heavy atom. The lowest BCUT2D eigenvalue weighted by atomic mass is 10.2. The number of nitrogens with zero attached hydrogens (tertiary/aromatic N) is 5. The number of carbonyl (C=O) groups excluding carboxylic acids is 1. The van der Waals surface area contributed by atoms with Crippen LogP contribution in [0.1, 0.15) is 0 Å². The van der Waals surface area contributed by atoms with Gasteiger partial charge in [-0.3, -0.25) is 10.3 Å². The normalized spacial score (nSPS) is 13.9. The molecular weight excluding hydrogens is 440 g/mol. The second kappa shape index (κ2) is 12.7. The Bertz CT molecular complexity index is 906. The van der Waals surface area contributed by atoms with Gasteiger partial charge in [-0.1, -0.05) is 0 Å². The first-order valence-corrected chi connectivity index (χ1v) is 11.1. The third-order valence-electron chi connectivity index (χ3n) is 5.48. The van der Waals surface area contributed by atoms with E-state index in [1.807, 2.05) is 24.1 Å². The summed E-state index contributed by atoms with van der Waals surface area (Å²) in [5, 5.41) is 0. The molecule has 0 saturated carbocycles. The number of rotatable bonds is 11. The van der Waals surface area contributed by atoms with E-state index in [1.165, 1.54) is 12.8 Å².